The van der Waals surface area contributed by atoms with E-state index in [1.165, 1.54) is 30.3 Å². The second-order valence-electron chi connectivity index (χ2n) is 7.72. The van der Waals surface area contributed by atoms with Gasteiger partial charge < -0.3 is 15.7 Å². The first-order chi connectivity index (χ1) is 15.1. The highest BCUT2D eigenvalue weighted by Crippen LogP contribution is 2.16. The lowest BCUT2D eigenvalue weighted by Gasteiger charge is -2.18. The Labute approximate surface area is 185 Å². The maximum atomic E-state index is 12.9. The van der Waals surface area contributed by atoms with Crippen LogP contribution >= 0.6 is 0 Å². The van der Waals surface area contributed by atoms with Gasteiger partial charge in [0.2, 0.25) is 0 Å². The second kappa shape index (κ2) is 10.9. The maximum Gasteiger partial charge on any atom is 0.326 e. The van der Waals surface area contributed by atoms with E-state index < -0.39 is 28.7 Å². The molecule has 0 aliphatic rings. The summed E-state index contributed by atoms with van der Waals surface area (Å²) in [4.78, 5) is 47.6. The molecule has 0 aromatic heterocycles. The molecule has 32 heavy (non-hydrogen) atoms. The van der Waals surface area contributed by atoms with Crippen LogP contribution in [0.3, 0.4) is 0 Å². The standard InChI is InChI=1S/C23H25N3O6/c1-14(2)11-20(23(29)30)25-22(28)19(13-16-5-4-6-18(12-16)26(31)32)24-21(27)17-9-7-15(3)8-10-17/h4-10,12-14,20H,11H2,1-3H3,(H,24,27)(H,25,28)(H,29,30)/b19-13+/t20-/m0/s1. The molecular formula is C23H25N3O6. The number of aryl methyl sites for hydroxylation is 1. The van der Waals surface area contributed by atoms with Gasteiger partial charge in [-0.1, -0.05) is 43.7 Å². The van der Waals surface area contributed by atoms with Crippen LogP contribution in [0, 0.1) is 23.0 Å². The third-order valence-electron chi connectivity index (χ3n) is 4.51. The highest BCUT2D eigenvalue weighted by molar-refractivity contribution is 6.06. The number of carboxylic acids is 1. The summed E-state index contributed by atoms with van der Waals surface area (Å²) in [6.07, 6.45) is 1.46. The van der Waals surface area contributed by atoms with Crippen molar-refractivity contribution in [3.05, 3.63) is 81.0 Å². The van der Waals surface area contributed by atoms with Crippen molar-refractivity contribution < 1.29 is 24.4 Å². The summed E-state index contributed by atoms with van der Waals surface area (Å²) < 4.78 is 0. The van der Waals surface area contributed by atoms with Gasteiger partial charge in [0.15, 0.2) is 0 Å². The zero-order valence-electron chi connectivity index (χ0n) is 18.0. The predicted molar refractivity (Wildman–Crippen MR) is 119 cm³/mol. The highest BCUT2D eigenvalue weighted by atomic mass is 16.6. The molecule has 0 aliphatic heterocycles. The van der Waals surface area contributed by atoms with Gasteiger partial charge in [-0.05, 0) is 43.0 Å². The Balaban J connectivity index is 2.39. The molecule has 2 aromatic carbocycles. The van der Waals surface area contributed by atoms with E-state index >= 15 is 0 Å². The van der Waals surface area contributed by atoms with E-state index in [0.717, 1.165) is 5.56 Å². The molecule has 2 amide bonds. The first-order valence-electron chi connectivity index (χ1n) is 9.94. The van der Waals surface area contributed by atoms with Crippen LogP contribution in [0.1, 0.15) is 41.8 Å². The van der Waals surface area contributed by atoms with Crippen molar-refractivity contribution in [2.75, 3.05) is 0 Å². The molecule has 0 spiro atoms. The van der Waals surface area contributed by atoms with Crippen LogP contribution in [0.15, 0.2) is 54.2 Å². The zero-order valence-corrected chi connectivity index (χ0v) is 18.0. The fourth-order valence-electron chi connectivity index (χ4n) is 2.88. The normalized spacial score (nSPS) is 12.2. The number of carboxylic acid groups (broad SMARTS) is 1. The van der Waals surface area contributed by atoms with Crippen LogP contribution in [0.25, 0.3) is 6.08 Å². The molecule has 9 heteroatoms. The molecule has 2 aromatic rings. The average Bonchev–Trinajstić information content (AvgIpc) is 2.72. The number of rotatable bonds is 9. The van der Waals surface area contributed by atoms with E-state index in [9.17, 15) is 29.6 Å². The monoisotopic (exact) mass is 439 g/mol. The number of benzene rings is 2. The quantitative estimate of drug-likeness (QED) is 0.311. The van der Waals surface area contributed by atoms with Gasteiger partial charge in [0.25, 0.3) is 17.5 Å². The Morgan fingerprint density at radius 1 is 1.12 bits per heavy atom. The fraction of sp³-hybridized carbons (Fsp3) is 0.261. The van der Waals surface area contributed by atoms with Crippen molar-refractivity contribution in [1.29, 1.82) is 0 Å². The van der Waals surface area contributed by atoms with Crippen molar-refractivity contribution >= 4 is 29.5 Å². The molecule has 168 valence electrons. The minimum absolute atomic E-state index is 0.00255. The third-order valence-corrected chi connectivity index (χ3v) is 4.51. The van der Waals surface area contributed by atoms with Crippen molar-refractivity contribution in [3.8, 4) is 0 Å². The average molecular weight is 439 g/mol. The van der Waals surface area contributed by atoms with Crippen molar-refractivity contribution in [1.82, 2.24) is 10.6 Å². The number of aliphatic carboxylic acids is 1. The molecule has 0 bridgehead atoms. The molecular weight excluding hydrogens is 414 g/mol. The van der Waals surface area contributed by atoms with Crippen molar-refractivity contribution in [2.45, 2.75) is 33.2 Å². The zero-order chi connectivity index (χ0) is 23.8. The van der Waals surface area contributed by atoms with Crippen LogP contribution in [0.4, 0.5) is 5.69 Å². The molecule has 0 aliphatic carbocycles. The highest BCUT2D eigenvalue weighted by Gasteiger charge is 2.24. The van der Waals surface area contributed by atoms with Gasteiger partial charge in [-0.25, -0.2) is 4.79 Å². The Morgan fingerprint density at radius 2 is 1.78 bits per heavy atom. The SMILES string of the molecule is Cc1ccc(C(=O)N/C(=C/c2cccc([N+](=O)[O-])c2)C(=O)N[C@@H](CC(C)C)C(=O)O)cc1. The van der Waals surface area contributed by atoms with E-state index in [0.29, 0.717) is 11.1 Å². The van der Waals surface area contributed by atoms with Crippen LogP contribution in [-0.4, -0.2) is 33.9 Å². The van der Waals surface area contributed by atoms with Crippen LogP contribution in [0.5, 0.6) is 0 Å². The largest absolute Gasteiger partial charge is 0.480 e. The van der Waals surface area contributed by atoms with Crippen LogP contribution < -0.4 is 10.6 Å². The number of carbonyl (C=O) groups excluding carboxylic acids is 2. The maximum absolute atomic E-state index is 12.9. The number of amides is 2. The number of nitro benzene ring substituents is 1. The Hall–Kier alpha value is -4.01. The molecule has 2 rings (SSSR count). The Kier molecular flexibility index (Phi) is 8.23. The van der Waals surface area contributed by atoms with Crippen LogP contribution in [-0.2, 0) is 9.59 Å². The van der Waals surface area contributed by atoms with E-state index in [1.807, 2.05) is 20.8 Å². The fourth-order valence-corrected chi connectivity index (χ4v) is 2.88. The van der Waals surface area contributed by atoms with Gasteiger partial charge in [-0.2, -0.15) is 0 Å². The number of carbonyl (C=O) groups is 3. The van der Waals surface area contributed by atoms with Crippen molar-refractivity contribution in [3.63, 3.8) is 0 Å². The summed E-state index contributed by atoms with van der Waals surface area (Å²) in [5, 5.41) is 25.4. The molecule has 3 N–H and O–H groups in total. The summed E-state index contributed by atoms with van der Waals surface area (Å²) in [7, 11) is 0. The first-order valence-corrected chi connectivity index (χ1v) is 9.94. The van der Waals surface area contributed by atoms with Gasteiger partial charge in [-0.15, -0.1) is 0 Å². The lowest BCUT2D eigenvalue weighted by molar-refractivity contribution is -0.384. The molecule has 0 heterocycles. The Bertz CT molecular complexity index is 1040. The van der Waals surface area contributed by atoms with Gasteiger partial charge in [-0.3, -0.25) is 19.7 Å². The minimum atomic E-state index is -1.20. The molecule has 0 fully saturated rings. The first kappa shape index (κ1) is 24.3. The van der Waals surface area contributed by atoms with Crippen molar-refractivity contribution in [2.24, 2.45) is 5.92 Å². The third kappa shape index (κ3) is 7.05. The van der Waals surface area contributed by atoms with E-state index in [-0.39, 0.29) is 23.7 Å². The molecule has 0 unspecified atom stereocenters. The summed E-state index contributed by atoms with van der Waals surface area (Å²) in [5.74, 6) is -2.59. The molecule has 9 nitrogen and oxygen atoms in total. The van der Waals surface area contributed by atoms with E-state index in [1.54, 1.807) is 24.3 Å². The summed E-state index contributed by atoms with van der Waals surface area (Å²) in [6, 6.07) is 11.0. The molecule has 0 saturated heterocycles. The summed E-state index contributed by atoms with van der Waals surface area (Å²) in [5.41, 5.74) is 1.12. The number of non-ortho nitro benzene ring substituents is 1. The van der Waals surface area contributed by atoms with Gasteiger partial charge in [0, 0.05) is 17.7 Å². The molecule has 0 radical (unpaired) electrons. The smallest absolute Gasteiger partial charge is 0.326 e. The number of nitrogens with one attached hydrogen (secondary N) is 2. The lowest BCUT2D eigenvalue weighted by Crippen LogP contribution is -2.45. The lowest BCUT2D eigenvalue weighted by atomic mass is 10.0. The summed E-state index contributed by atoms with van der Waals surface area (Å²) in [6.45, 7) is 5.51. The van der Waals surface area contributed by atoms with E-state index in [2.05, 4.69) is 10.6 Å². The topological polar surface area (TPSA) is 139 Å². The van der Waals surface area contributed by atoms with E-state index in [4.69, 9.17) is 0 Å². The number of hydrogen-bond acceptors (Lipinski definition) is 5. The van der Waals surface area contributed by atoms with Crippen LogP contribution in [0.2, 0.25) is 0 Å². The molecule has 0 saturated carbocycles. The number of nitrogens with zero attached hydrogens (tertiary/aromatic N) is 1. The number of hydrogen-bond donors (Lipinski definition) is 3. The second-order valence-corrected chi connectivity index (χ2v) is 7.72. The Morgan fingerprint density at radius 3 is 2.34 bits per heavy atom. The predicted octanol–water partition coefficient (Wildman–Crippen LogP) is 3.29. The minimum Gasteiger partial charge on any atom is -0.480 e. The van der Waals surface area contributed by atoms with Gasteiger partial charge in [0.1, 0.15) is 11.7 Å². The van der Waals surface area contributed by atoms with Gasteiger partial charge in [0.05, 0.1) is 4.92 Å². The summed E-state index contributed by atoms with van der Waals surface area (Å²) >= 11 is 0. The number of nitro groups is 1. The molecule has 1 atom stereocenters. The van der Waals surface area contributed by atoms with Gasteiger partial charge >= 0.3 is 5.97 Å².